The summed E-state index contributed by atoms with van der Waals surface area (Å²) in [7, 11) is 0. The van der Waals surface area contributed by atoms with Crippen molar-refractivity contribution in [2.24, 2.45) is 5.41 Å². The zero-order valence-corrected chi connectivity index (χ0v) is 20.5. The number of hydrogen-bond acceptors (Lipinski definition) is 4. The van der Waals surface area contributed by atoms with E-state index in [4.69, 9.17) is 16.3 Å². The van der Waals surface area contributed by atoms with Gasteiger partial charge in [-0.1, -0.05) is 18.5 Å². The summed E-state index contributed by atoms with van der Waals surface area (Å²) in [5.74, 6) is 0.721. The van der Waals surface area contributed by atoms with Crippen LogP contribution in [0.1, 0.15) is 48.9 Å². The molecule has 0 saturated heterocycles. The number of halogens is 1. The normalized spacial score (nSPS) is 26.4. The molecule has 2 atom stereocenters. The van der Waals surface area contributed by atoms with Crippen LogP contribution in [0.15, 0.2) is 47.7 Å². The summed E-state index contributed by atoms with van der Waals surface area (Å²) in [4.78, 5) is 32.9. The summed E-state index contributed by atoms with van der Waals surface area (Å²) in [6, 6.07) is 9.24. The molecule has 0 radical (unpaired) electrons. The van der Waals surface area contributed by atoms with Crippen LogP contribution in [0.5, 0.6) is 5.75 Å². The predicted octanol–water partition coefficient (Wildman–Crippen LogP) is 3.97. The maximum absolute atomic E-state index is 13.6. The summed E-state index contributed by atoms with van der Waals surface area (Å²) in [5, 5.41) is 0.666. The third kappa shape index (κ3) is 2.73. The lowest BCUT2D eigenvalue weighted by Crippen LogP contribution is -2.52. The first kappa shape index (κ1) is 21.5. The minimum atomic E-state index is -0.376. The van der Waals surface area contributed by atoms with E-state index < -0.39 is 0 Å². The molecule has 1 aromatic carbocycles. The van der Waals surface area contributed by atoms with Crippen LogP contribution < -0.4 is 10.3 Å². The molecule has 2 aliphatic heterocycles. The topological polar surface area (TPSA) is 69.4 Å². The summed E-state index contributed by atoms with van der Waals surface area (Å²) in [5.41, 5.74) is 1.90. The number of aromatic nitrogens is 3. The average Bonchev–Trinajstić information content (AvgIpc) is 3.20. The fraction of sp³-hybridized carbons (Fsp3) is 0.423. The van der Waals surface area contributed by atoms with Crippen molar-refractivity contribution in [3.63, 3.8) is 0 Å². The van der Waals surface area contributed by atoms with E-state index in [-0.39, 0.29) is 27.9 Å². The Morgan fingerprint density at radius 2 is 1.91 bits per heavy atom. The second-order valence-corrected chi connectivity index (χ2v) is 11.0. The minimum absolute atomic E-state index is 0.117. The SMILES string of the molecule is Cc1cn(-c2ccc3n(c2=O)CCN(C[C@]24C[C@@]2(C)C(C)(C)Oc2ccc(Cl)cc24)C3=O)cn1. The van der Waals surface area contributed by atoms with Crippen molar-refractivity contribution in [2.75, 3.05) is 13.1 Å². The van der Waals surface area contributed by atoms with Crippen LogP contribution >= 0.6 is 11.6 Å². The lowest BCUT2D eigenvalue weighted by Gasteiger charge is -2.45. The molecule has 0 unspecified atom stereocenters. The van der Waals surface area contributed by atoms with Crippen molar-refractivity contribution in [3.05, 3.63) is 75.2 Å². The van der Waals surface area contributed by atoms with Crippen LogP contribution in [0.25, 0.3) is 5.69 Å². The number of benzene rings is 1. The number of imidazole rings is 1. The summed E-state index contributed by atoms with van der Waals surface area (Å²) >= 11 is 6.38. The highest BCUT2D eigenvalue weighted by atomic mass is 35.5. The molecular formula is C26H27ClN4O3. The number of nitrogens with zero attached hydrogens (tertiary/aromatic N) is 4. The molecule has 3 aliphatic rings. The van der Waals surface area contributed by atoms with E-state index in [2.05, 4.69) is 25.8 Å². The zero-order valence-electron chi connectivity index (χ0n) is 19.8. The zero-order chi connectivity index (χ0) is 24.0. The van der Waals surface area contributed by atoms with Crippen molar-refractivity contribution >= 4 is 17.5 Å². The molecule has 4 heterocycles. The maximum Gasteiger partial charge on any atom is 0.275 e. The first-order valence-electron chi connectivity index (χ1n) is 11.6. The van der Waals surface area contributed by atoms with Crippen molar-refractivity contribution in [1.82, 2.24) is 19.0 Å². The molecule has 1 amide bonds. The first-order valence-corrected chi connectivity index (χ1v) is 12.0. The van der Waals surface area contributed by atoms with Gasteiger partial charge in [-0.2, -0.15) is 0 Å². The fourth-order valence-corrected chi connectivity index (χ4v) is 6.27. The molecule has 0 bridgehead atoms. The van der Waals surface area contributed by atoms with Crippen LogP contribution in [0.2, 0.25) is 5.02 Å². The summed E-state index contributed by atoms with van der Waals surface area (Å²) < 4.78 is 9.68. The third-order valence-electron chi connectivity index (χ3n) is 8.44. The lowest BCUT2D eigenvalue weighted by atomic mass is 9.75. The number of amides is 1. The quantitative estimate of drug-likeness (QED) is 0.571. The second kappa shape index (κ2) is 6.75. The molecule has 3 aromatic rings. The maximum atomic E-state index is 13.6. The van der Waals surface area contributed by atoms with E-state index >= 15 is 0 Å². The lowest BCUT2D eigenvalue weighted by molar-refractivity contribution is 0.00212. The Kier molecular flexibility index (Phi) is 4.26. The molecule has 1 saturated carbocycles. The Hall–Kier alpha value is -3.06. The molecule has 6 rings (SSSR count). The van der Waals surface area contributed by atoms with Crippen LogP contribution in [-0.2, 0) is 12.0 Å². The Bertz CT molecular complexity index is 1420. The van der Waals surface area contributed by atoms with Gasteiger partial charge in [-0.15, -0.1) is 0 Å². The highest BCUT2D eigenvalue weighted by Crippen LogP contribution is 2.74. The van der Waals surface area contributed by atoms with Gasteiger partial charge in [0.05, 0.1) is 12.0 Å². The molecule has 0 spiro atoms. The highest BCUT2D eigenvalue weighted by molar-refractivity contribution is 6.30. The number of fused-ring (bicyclic) bond motifs is 4. The summed E-state index contributed by atoms with van der Waals surface area (Å²) in [6.07, 6.45) is 4.34. The Morgan fingerprint density at radius 3 is 2.65 bits per heavy atom. The number of aryl methyl sites for hydroxylation is 1. The molecular weight excluding hydrogens is 452 g/mol. The van der Waals surface area contributed by atoms with E-state index in [9.17, 15) is 9.59 Å². The molecule has 7 nitrogen and oxygen atoms in total. The van der Waals surface area contributed by atoms with Crippen molar-refractivity contribution < 1.29 is 9.53 Å². The average molecular weight is 479 g/mol. The first-order chi connectivity index (χ1) is 16.1. The van der Waals surface area contributed by atoms with Gasteiger partial charge in [0.15, 0.2) is 0 Å². The van der Waals surface area contributed by atoms with Gasteiger partial charge in [0.2, 0.25) is 0 Å². The molecule has 1 aliphatic carbocycles. The van der Waals surface area contributed by atoms with Crippen molar-refractivity contribution in [3.8, 4) is 11.4 Å². The van der Waals surface area contributed by atoms with Gasteiger partial charge in [0, 0.05) is 47.2 Å². The highest BCUT2D eigenvalue weighted by Gasteiger charge is 2.75. The molecule has 8 heteroatoms. The van der Waals surface area contributed by atoms with E-state index in [1.807, 2.05) is 36.2 Å². The van der Waals surface area contributed by atoms with Crippen LogP contribution in [-0.4, -0.2) is 43.6 Å². The number of hydrogen-bond donors (Lipinski definition) is 0. The van der Waals surface area contributed by atoms with Crippen LogP contribution in [0, 0.1) is 12.3 Å². The van der Waals surface area contributed by atoms with E-state index in [1.54, 1.807) is 27.6 Å². The second-order valence-electron chi connectivity index (χ2n) is 10.6. The molecule has 0 N–H and O–H groups in total. The predicted molar refractivity (Wildman–Crippen MR) is 129 cm³/mol. The standard InChI is InChI=1S/C26H27ClN4O3/c1-16-12-30(15-28-16)19-6-7-20-22(32)29(9-10-31(20)23(19)33)14-26-13-25(26,4)24(2,3)34-21-8-5-17(27)11-18(21)26/h5-8,11-12,15H,9-10,13-14H2,1-4H3/t25-,26-/m0/s1. The van der Waals surface area contributed by atoms with E-state index in [1.165, 1.54) is 0 Å². The van der Waals surface area contributed by atoms with Gasteiger partial charge >= 0.3 is 0 Å². The van der Waals surface area contributed by atoms with E-state index in [0.29, 0.717) is 36.0 Å². The smallest absolute Gasteiger partial charge is 0.275 e. The van der Waals surface area contributed by atoms with Gasteiger partial charge in [-0.25, -0.2) is 4.98 Å². The Balaban J connectivity index is 1.36. The van der Waals surface area contributed by atoms with Crippen LogP contribution in [0.3, 0.4) is 0 Å². The Labute approximate surface area is 202 Å². The number of pyridine rings is 1. The molecule has 2 aromatic heterocycles. The minimum Gasteiger partial charge on any atom is -0.487 e. The van der Waals surface area contributed by atoms with Gasteiger partial charge in [0.1, 0.15) is 22.7 Å². The summed E-state index contributed by atoms with van der Waals surface area (Å²) in [6.45, 7) is 9.87. The van der Waals surface area contributed by atoms with Gasteiger partial charge in [0.25, 0.3) is 11.5 Å². The largest absolute Gasteiger partial charge is 0.487 e. The monoisotopic (exact) mass is 478 g/mol. The molecule has 1 fully saturated rings. The van der Waals surface area contributed by atoms with Crippen molar-refractivity contribution in [2.45, 2.75) is 51.7 Å². The Morgan fingerprint density at radius 1 is 1.12 bits per heavy atom. The number of ether oxygens (including phenoxy) is 1. The number of rotatable bonds is 3. The molecule has 176 valence electrons. The van der Waals surface area contributed by atoms with E-state index in [0.717, 1.165) is 23.4 Å². The fourth-order valence-electron chi connectivity index (χ4n) is 6.10. The number of carbonyl (C=O) groups is 1. The molecule has 34 heavy (non-hydrogen) atoms. The van der Waals surface area contributed by atoms with Gasteiger partial charge in [-0.3, -0.25) is 9.59 Å². The van der Waals surface area contributed by atoms with Crippen molar-refractivity contribution in [1.29, 1.82) is 0 Å². The van der Waals surface area contributed by atoms with Crippen LogP contribution in [0.4, 0.5) is 0 Å². The van der Waals surface area contributed by atoms with Gasteiger partial charge < -0.3 is 18.8 Å². The van der Waals surface area contributed by atoms with Gasteiger partial charge in [-0.05, 0) is 57.5 Å². The third-order valence-corrected chi connectivity index (χ3v) is 8.68. The number of carbonyl (C=O) groups excluding carboxylic acids is 1.